The average molecular weight is 364 g/mol. The largest absolute Gasteiger partial charge is 0.494 e. The molecule has 2 aromatic rings. The maximum absolute atomic E-state index is 8.59. The number of rotatable bonds is 10. The molecule has 1 saturated heterocycles. The number of nitrogens with one attached hydrogen (secondary N) is 1. The zero-order valence-corrected chi connectivity index (χ0v) is 15.9. The molecule has 3 rings (SSSR count). The van der Waals surface area contributed by atoms with Crippen LogP contribution in [-0.4, -0.2) is 31.1 Å². The SMILES string of the molecule is N#CCCCOc1cccc(CNCC(c2ccccc2)N2CCCC2)c1. The molecule has 0 aromatic heterocycles. The Morgan fingerprint density at radius 3 is 2.67 bits per heavy atom. The zero-order valence-electron chi connectivity index (χ0n) is 15.9. The van der Waals surface area contributed by atoms with E-state index in [1.165, 1.54) is 37.1 Å². The van der Waals surface area contributed by atoms with Crippen molar-refractivity contribution in [3.63, 3.8) is 0 Å². The van der Waals surface area contributed by atoms with Gasteiger partial charge in [-0.1, -0.05) is 42.5 Å². The van der Waals surface area contributed by atoms with Gasteiger partial charge in [0.15, 0.2) is 0 Å². The summed E-state index contributed by atoms with van der Waals surface area (Å²) in [5.41, 5.74) is 2.61. The van der Waals surface area contributed by atoms with Crippen molar-refractivity contribution in [2.24, 2.45) is 0 Å². The molecule has 27 heavy (non-hydrogen) atoms. The molecule has 1 aliphatic heterocycles. The molecule has 1 N–H and O–H groups in total. The summed E-state index contributed by atoms with van der Waals surface area (Å²) in [6, 6.07) is 21.6. The number of benzene rings is 2. The molecule has 0 spiro atoms. The van der Waals surface area contributed by atoms with Crippen LogP contribution in [0.1, 0.15) is 42.9 Å². The van der Waals surface area contributed by atoms with Gasteiger partial charge in [0.25, 0.3) is 0 Å². The first-order valence-electron chi connectivity index (χ1n) is 9.95. The van der Waals surface area contributed by atoms with Gasteiger partial charge >= 0.3 is 0 Å². The standard InChI is InChI=1S/C23H29N3O/c24-13-4-7-16-27-22-12-8-9-20(17-22)18-25-19-23(26-14-5-6-15-26)21-10-2-1-3-11-21/h1-3,8-12,17,23,25H,4-7,14-16,18-19H2. The molecule has 4 nitrogen and oxygen atoms in total. The average Bonchev–Trinajstić information content (AvgIpc) is 3.24. The molecule has 1 atom stereocenters. The van der Waals surface area contributed by atoms with Crippen molar-refractivity contribution >= 4 is 0 Å². The van der Waals surface area contributed by atoms with Gasteiger partial charge in [-0.3, -0.25) is 4.90 Å². The Labute approximate surface area is 162 Å². The lowest BCUT2D eigenvalue weighted by Gasteiger charge is -2.28. The lowest BCUT2D eigenvalue weighted by atomic mass is 10.1. The monoisotopic (exact) mass is 363 g/mol. The van der Waals surface area contributed by atoms with E-state index in [1.54, 1.807) is 0 Å². The van der Waals surface area contributed by atoms with E-state index in [4.69, 9.17) is 10.00 Å². The van der Waals surface area contributed by atoms with E-state index in [-0.39, 0.29) is 0 Å². The molecule has 4 heteroatoms. The van der Waals surface area contributed by atoms with Crippen LogP contribution < -0.4 is 10.1 Å². The molecule has 1 fully saturated rings. The Hall–Kier alpha value is -2.35. The topological polar surface area (TPSA) is 48.3 Å². The molecule has 0 amide bonds. The second-order valence-electron chi connectivity index (χ2n) is 7.06. The predicted octanol–water partition coefficient (Wildman–Crippen LogP) is 4.30. The van der Waals surface area contributed by atoms with Crippen LogP contribution in [0.15, 0.2) is 54.6 Å². The zero-order chi connectivity index (χ0) is 18.7. The summed E-state index contributed by atoms with van der Waals surface area (Å²) in [6.45, 7) is 4.74. The van der Waals surface area contributed by atoms with E-state index in [2.05, 4.69) is 58.8 Å². The number of unbranched alkanes of at least 4 members (excludes halogenated alkanes) is 1. The Bertz CT molecular complexity index is 720. The molecule has 2 aromatic carbocycles. The minimum atomic E-state index is 0.430. The number of ether oxygens (including phenoxy) is 1. The van der Waals surface area contributed by atoms with Crippen LogP contribution in [0.25, 0.3) is 0 Å². The van der Waals surface area contributed by atoms with E-state index in [9.17, 15) is 0 Å². The minimum Gasteiger partial charge on any atom is -0.494 e. The Morgan fingerprint density at radius 1 is 1.07 bits per heavy atom. The van der Waals surface area contributed by atoms with Gasteiger partial charge in [0.2, 0.25) is 0 Å². The highest BCUT2D eigenvalue weighted by atomic mass is 16.5. The van der Waals surface area contributed by atoms with Crippen LogP contribution in [0.2, 0.25) is 0 Å². The van der Waals surface area contributed by atoms with Gasteiger partial charge in [-0.2, -0.15) is 5.26 Å². The Balaban J connectivity index is 1.53. The normalized spacial score (nSPS) is 15.4. The summed E-state index contributed by atoms with van der Waals surface area (Å²) in [4.78, 5) is 2.59. The molecular formula is C23H29N3O. The number of likely N-dealkylation sites (tertiary alicyclic amines) is 1. The Kier molecular flexibility index (Phi) is 7.70. The van der Waals surface area contributed by atoms with E-state index in [0.717, 1.165) is 25.3 Å². The van der Waals surface area contributed by atoms with Crippen LogP contribution in [0.4, 0.5) is 0 Å². The lowest BCUT2D eigenvalue weighted by Crippen LogP contribution is -2.34. The van der Waals surface area contributed by atoms with Gasteiger partial charge in [-0.05, 0) is 55.6 Å². The van der Waals surface area contributed by atoms with E-state index in [0.29, 0.717) is 19.1 Å². The van der Waals surface area contributed by atoms with Crippen molar-refractivity contribution < 1.29 is 4.74 Å². The molecule has 1 unspecified atom stereocenters. The lowest BCUT2D eigenvalue weighted by molar-refractivity contribution is 0.238. The highest BCUT2D eigenvalue weighted by molar-refractivity contribution is 5.28. The summed E-state index contributed by atoms with van der Waals surface area (Å²) >= 11 is 0. The predicted molar refractivity (Wildman–Crippen MR) is 108 cm³/mol. The quantitative estimate of drug-likeness (QED) is 0.640. The van der Waals surface area contributed by atoms with Crippen molar-refractivity contribution in [3.8, 4) is 11.8 Å². The van der Waals surface area contributed by atoms with Crippen molar-refractivity contribution in [1.82, 2.24) is 10.2 Å². The van der Waals surface area contributed by atoms with Crippen LogP contribution in [-0.2, 0) is 6.54 Å². The van der Waals surface area contributed by atoms with Gasteiger partial charge < -0.3 is 10.1 Å². The molecule has 1 heterocycles. The number of hydrogen-bond acceptors (Lipinski definition) is 4. The van der Waals surface area contributed by atoms with Gasteiger partial charge in [0.1, 0.15) is 5.75 Å². The van der Waals surface area contributed by atoms with Crippen LogP contribution in [0.5, 0.6) is 5.75 Å². The smallest absolute Gasteiger partial charge is 0.119 e. The highest BCUT2D eigenvalue weighted by Crippen LogP contribution is 2.24. The third kappa shape index (κ3) is 6.09. The van der Waals surface area contributed by atoms with Gasteiger partial charge in [-0.15, -0.1) is 0 Å². The fraction of sp³-hybridized carbons (Fsp3) is 0.435. The molecular weight excluding hydrogens is 334 g/mol. The van der Waals surface area contributed by atoms with Crippen LogP contribution >= 0.6 is 0 Å². The first-order chi connectivity index (χ1) is 13.4. The first kappa shape index (κ1) is 19.4. The summed E-state index contributed by atoms with van der Waals surface area (Å²) in [5, 5.41) is 12.2. The van der Waals surface area contributed by atoms with Crippen LogP contribution in [0, 0.1) is 11.3 Å². The van der Waals surface area contributed by atoms with E-state index >= 15 is 0 Å². The van der Waals surface area contributed by atoms with Gasteiger partial charge in [-0.25, -0.2) is 0 Å². The molecule has 0 saturated carbocycles. The number of nitrogens with zero attached hydrogens (tertiary/aromatic N) is 2. The van der Waals surface area contributed by atoms with Crippen LogP contribution in [0.3, 0.4) is 0 Å². The molecule has 0 radical (unpaired) electrons. The molecule has 1 aliphatic rings. The fourth-order valence-electron chi connectivity index (χ4n) is 3.63. The maximum atomic E-state index is 8.59. The van der Waals surface area contributed by atoms with Crippen molar-refractivity contribution in [3.05, 3.63) is 65.7 Å². The van der Waals surface area contributed by atoms with Crippen molar-refractivity contribution in [2.75, 3.05) is 26.2 Å². The first-order valence-corrected chi connectivity index (χ1v) is 9.95. The second kappa shape index (κ2) is 10.7. The summed E-state index contributed by atoms with van der Waals surface area (Å²) in [6.07, 6.45) is 3.91. The summed E-state index contributed by atoms with van der Waals surface area (Å²) in [5.74, 6) is 0.881. The van der Waals surface area contributed by atoms with Crippen molar-refractivity contribution in [2.45, 2.75) is 38.3 Å². The molecule has 142 valence electrons. The second-order valence-corrected chi connectivity index (χ2v) is 7.06. The molecule has 0 aliphatic carbocycles. The highest BCUT2D eigenvalue weighted by Gasteiger charge is 2.22. The summed E-state index contributed by atoms with van der Waals surface area (Å²) < 4.78 is 5.74. The third-order valence-electron chi connectivity index (χ3n) is 5.03. The fourth-order valence-corrected chi connectivity index (χ4v) is 3.63. The van der Waals surface area contributed by atoms with E-state index < -0.39 is 0 Å². The third-order valence-corrected chi connectivity index (χ3v) is 5.03. The summed E-state index contributed by atoms with van der Waals surface area (Å²) in [7, 11) is 0. The van der Waals surface area contributed by atoms with Crippen molar-refractivity contribution in [1.29, 1.82) is 5.26 Å². The minimum absolute atomic E-state index is 0.430. The number of nitriles is 1. The molecule has 0 bridgehead atoms. The van der Waals surface area contributed by atoms with E-state index in [1.807, 2.05) is 12.1 Å². The number of hydrogen-bond donors (Lipinski definition) is 1. The Morgan fingerprint density at radius 2 is 1.89 bits per heavy atom. The van der Waals surface area contributed by atoms with Gasteiger partial charge in [0.05, 0.1) is 12.7 Å². The van der Waals surface area contributed by atoms with Gasteiger partial charge in [0, 0.05) is 25.6 Å². The maximum Gasteiger partial charge on any atom is 0.119 e.